The van der Waals surface area contributed by atoms with Crippen LogP contribution in [0.15, 0.2) is 18.6 Å². The number of pyridine rings is 1. The van der Waals surface area contributed by atoms with Crippen LogP contribution in [0, 0.1) is 6.92 Å². The van der Waals surface area contributed by atoms with Gasteiger partial charge in [0.1, 0.15) is 12.2 Å². The number of fused-ring (bicyclic) bond motifs is 1. The van der Waals surface area contributed by atoms with Crippen LogP contribution >= 0.6 is 0 Å². The Morgan fingerprint density at radius 3 is 2.92 bits per heavy atom. The van der Waals surface area contributed by atoms with Crippen molar-refractivity contribution in [3.63, 3.8) is 0 Å². The van der Waals surface area contributed by atoms with E-state index in [1.165, 1.54) is 0 Å². The molecule has 0 aliphatic carbocycles. The highest BCUT2D eigenvalue weighted by Crippen LogP contribution is 2.33. The Bertz CT molecular complexity index is 915. The summed E-state index contributed by atoms with van der Waals surface area (Å²) in [4.78, 5) is 6.70. The maximum absolute atomic E-state index is 11.2. The molecule has 0 spiro atoms. The zero-order chi connectivity index (χ0) is 17.6. The van der Waals surface area contributed by atoms with Crippen molar-refractivity contribution in [1.29, 1.82) is 0 Å². The van der Waals surface area contributed by atoms with Crippen LogP contribution in [0.4, 0.5) is 5.69 Å². The number of aryl methyl sites for hydroxylation is 3. The molecule has 1 atom stereocenters. The van der Waals surface area contributed by atoms with E-state index < -0.39 is 5.60 Å². The predicted octanol–water partition coefficient (Wildman–Crippen LogP) is 0.979. The van der Waals surface area contributed by atoms with Gasteiger partial charge in [0.25, 0.3) is 0 Å². The van der Waals surface area contributed by atoms with Crippen molar-refractivity contribution in [2.24, 2.45) is 14.1 Å². The highest BCUT2D eigenvalue weighted by atomic mass is 16.3. The molecule has 1 saturated heterocycles. The third-order valence-electron chi connectivity index (χ3n) is 5.07. The summed E-state index contributed by atoms with van der Waals surface area (Å²) in [5.41, 5.74) is 2.11. The van der Waals surface area contributed by atoms with Gasteiger partial charge in [-0.05, 0) is 25.8 Å². The fourth-order valence-electron chi connectivity index (χ4n) is 3.84. The summed E-state index contributed by atoms with van der Waals surface area (Å²) >= 11 is 0. The first kappa shape index (κ1) is 16.0. The Morgan fingerprint density at radius 2 is 2.16 bits per heavy atom. The van der Waals surface area contributed by atoms with Crippen LogP contribution in [0.5, 0.6) is 0 Å². The summed E-state index contributed by atoms with van der Waals surface area (Å²) in [5.74, 6) is 0.807. The van der Waals surface area contributed by atoms with Crippen molar-refractivity contribution in [3.05, 3.63) is 30.1 Å². The first-order valence-corrected chi connectivity index (χ1v) is 8.55. The van der Waals surface area contributed by atoms with E-state index in [2.05, 4.69) is 25.2 Å². The molecule has 3 aromatic rings. The van der Waals surface area contributed by atoms with Gasteiger partial charge in [-0.25, -0.2) is 4.98 Å². The summed E-state index contributed by atoms with van der Waals surface area (Å²) in [5, 5.41) is 24.8. The van der Waals surface area contributed by atoms with E-state index >= 15 is 0 Å². The number of piperidine rings is 1. The zero-order valence-corrected chi connectivity index (χ0v) is 14.8. The molecule has 1 aliphatic heterocycles. The van der Waals surface area contributed by atoms with Crippen LogP contribution in [0.3, 0.4) is 0 Å². The molecule has 0 bridgehead atoms. The molecule has 1 unspecified atom stereocenters. The van der Waals surface area contributed by atoms with Crippen LogP contribution < -0.4 is 4.90 Å². The molecule has 25 heavy (non-hydrogen) atoms. The van der Waals surface area contributed by atoms with Crippen LogP contribution in [-0.2, 0) is 20.5 Å². The molecule has 1 aliphatic rings. The molecule has 0 radical (unpaired) electrons. The topological polar surface area (TPSA) is 84.9 Å². The second-order valence-electron chi connectivity index (χ2n) is 7.02. The molecule has 3 aromatic heterocycles. The minimum atomic E-state index is -0.815. The van der Waals surface area contributed by atoms with Gasteiger partial charge in [0.15, 0.2) is 5.65 Å². The lowest BCUT2D eigenvalue weighted by molar-refractivity contribution is 0.0239. The predicted molar refractivity (Wildman–Crippen MR) is 94.3 cm³/mol. The lowest BCUT2D eigenvalue weighted by atomic mass is 9.88. The van der Waals surface area contributed by atoms with Crippen LogP contribution in [0.2, 0.25) is 0 Å². The molecule has 4 rings (SSSR count). The Morgan fingerprint density at radius 1 is 1.32 bits per heavy atom. The number of aliphatic hydroxyl groups is 1. The molecule has 0 aromatic carbocycles. The second kappa shape index (κ2) is 5.80. The average Bonchev–Trinajstić information content (AvgIpc) is 3.11. The largest absolute Gasteiger partial charge is 0.388 e. The van der Waals surface area contributed by atoms with Crippen molar-refractivity contribution in [3.8, 4) is 0 Å². The van der Waals surface area contributed by atoms with E-state index in [-0.39, 0.29) is 0 Å². The molecule has 0 amide bonds. The summed E-state index contributed by atoms with van der Waals surface area (Å²) in [6, 6.07) is 2.02. The third kappa shape index (κ3) is 2.76. The van der Waals surface area contributed by atoms with Gasteiger partial charge in [-0.2, -0.15) is 5.10 Å². The minimum absolute atomic E-state index is 0.500. The fourth-order valence-corrected chi connectivity index (χ4v) is 3.84. The smallest absolute Gasteiger partial charge is 0.159 e. The Labute approximate surface area is 146 Å². The number of nitrogens with zero attached hydrogens (tertiary/aromatic N) is 7. The van der Waals surface area contributed by atoms with Gasteiger partial charge in [-0.1, -0.05) is 0 Å². The van der Waals surface area contributed by atoms with E-state index in [1.54, 1.807) is 6.33 Å². The maximum Gasteiger partial charge on any atom is 0.159 e. The molecule has 4 heterocycles. The van der Waals surface area contributed by atoms with Gasteiger partial charge in [-0.3, -0.25) is 4.68 Å². The SMILES string of the molecule is Cc1nn(C)c2nccc(N3CCCC(O)(Cc4nncn4C)C3)c12. The van der Waals surface area contributed by atoms with E-state index in [0.29, 0.717) is 13.0 Å². The van der Waals surface area contributed by atoms with E-state index in [9.17, 15) is 5.11 Å². The minimum Gasteiger partial charge on any atom is -0.388 e. The summed E-state index contributed by atoms with van der Waals surface area (Å²) < 4.78 is 3.68. The first-order valence-electron chi connectivity index (χ1n) is 8.55. The average molecular weight is 341 g/mol. The van der Waals surface area contributed by atoms with E-state index in [1.807, 2.05) is 42.5 Å². The van der Waals surface area contributed by atoms with Crippen LogP contribution in [0.25, 0.3) is 11.0 Å². The number of hydrogen-bond acceptors (Lipinski definition) is 6. The molecule has 8 heteroatoms. The second-order valence-corrected chi connectivity index (χ2v) is 7.02. The van der Waals surface area contributed by atoms with Crippen molar-refractivity contribution in [2.45, 2.75) is 31.8 Å². The van der Waals surface area contributed by atoms with Gasteiger partial charge in [0.2, 0.25) is 0 Å². The fraction of sp³-hybridized carbons (Fsp3) is 0.529. The van der Waals surface area contributed by atoms with Crippen LogP contribution in [0.1, 0.15) is 24.4 Å². The maximum atomic E-state index is 11.2. The highest BCUT2D eigenvalue weighted by Gasteiger charge is 2.35. The van der Waals surface area contributed by atoms with E-state index in [0.717, 1.165) is 47.6 Å². The van der Waals surface area contributed by atoms with Gasteiger partial charge in [-0.15, -0.1) is 10.2 Å². The highest BCUT2D eigenvalue weighted by molar-refractivity contribution is 5.92. The molecular formula is C17H23N7O. The van der Waals surface area contributed by atoms with Crippen LogP contribution in [-0.4, -0.2) is 53.3 Å². The normalized spacial score (nSPS) is 21.2. The Kier molecular flexibility index (Phi) is 3.72. The Hall–Kier alpha value is -2.48. The standard InChI is InChI=1S/C17H23N7O/c1-12-15-13(5-7-18-16(15)23(3)21-12)24-8-4-6-17(25,10-24)9-14-20-19-11-22(14)2/h5,7,11,25H,4,6,8-10H2,1-3H3. The van der Waals surface area contributed by atoms with Gasteiger partial charge in [0, 0.05) is 39.8 Å². The number of anilines is 1. The summed E-state index contributed by atoms with van der Waals surface area (Å²) in [6.07, 6.45) is 5.67. The van der Waals surface area contributed by atoms with Crippen molar-refractivity contribution in [1.82, 2.24) is 29.5 Å². The first-order chi connectivity index (χ1) is 12.0. The molecule has 1 N–H and O–H groups in total. The molecule has 1 fully saturated rings. The lowest BCUT2D eigenvalue weighted by Crippen LogP contribution is -2.50. The number of hydrogen-bond donors (Lipinski definition) is 1. The third-order valence-corrected chi connectivity index (χ3v) is 5.07. The summed E-state index contributed by atoms with van der Waals surface area (Å²) in [7, 11) is 3.82. The van der Waals surface area contributed by atoms with Gasteiger partial charge >= 0.3 is 0 Å². The van der Waals surface area contributed by atoms with Gasteiger partial charge < -0.3 is 14.6 Å². The molecule has 132 valence electrons. The quantitative estimate of drug-likeness (QED) is 0.764. The van der Waals surface area contributed by atoms with Gasteiger partial charge in [0.05, 0.1) is 22.4 Å². The Balaban J connectivity index is 1.67. The monoisotopic (exact) mass is 341 g/mol. The molecule has 0 saturated carbocycles. The zero-order valence-electron chi connectivity index (χ0n) is 14.8. The van der Waals surface area contributed by atoms with Crippen molar-refractivity contribution < 1.29 is 5.11 Å². The molecular weight excluding hydrogens is 318 g/mol. The van der Waals surface area contributed by atoms with Crippen molar-refractivity contribution in [2.75, 3.05) is 18.0 Å². The lowest BCUT2D eigenvalue weighted by Gasteiger charge is -2.40. The summed E-state index contributed by atoms with van der Waals surface area (Å²) in [6.45, 7) is 3.48. The number of aromatic nitrogens is 6. The number of β-amino-alcohol motifs (C(OH)–C–C–N with tert-alkyl or cyclic N) is 1. The van der Waals surface area contributed by atoms with E-state index in [4.69, 9.17) is 0 Å². The van der Waals surface area contributed by atoms with Crippen molar-refractivity contribution >= 4 is 16.7 Å². The number of rotatable bonds is 3. The molecule has 8 nitrogen and oxygen atoms in total.